The van der Waals surface area contributed by atoms with E-state index in [1.54, 1.807) is 19.2 Å². The molecule has 1 heterocycles. The Hall–Kier alpha value is -3.88. The quantitative estimate of drug-likeness (QED) is 0.448. The van der Waals surface area contributed by atoms with Crippen molar-refractivity contribution in [3.63, 3.8) is 0 Å². The maximum atomic E-state index is 12.7. The molecule has 0 aliphatic heterocycles. The summed E-state index contributed by atoms with van der Waals surface area (Å²) in [4.78, 5) is 29.3. The molecule has 0 fully saturated rings. The number of benzene rings is 2. The number of carbonyl (C=O) groups excluding carboxylic acids is 2. The molecule has 0 bridgehead atoms. The summed E-state index contributed by atoms with van der Waals surface area (Å²) < 4.78 is 10.6. The van der Waals surface area contributed by atoms with Crippen molar-refractivity contribution < 1.29 is 19.1 Å². The van der Waals surface area contributed by atoms with Gasteiger partial charge in [0, 0.05) is 5.56 Å². The summed E-state index contributed by atoms with van der Waals surface area (Å²) in [7, 11) is 1.60. The van der Waals surface area contributed by atoms with Gasteiger partial charge in [0.05, 0.1) is 13.7 Å². The van der Waals surface area contributed by atoms with E-state index in [4.69, 9.17) is 9.47 Å². The van der Waals surface area contributed by atoms with Crippen molar-refractivity contribution in [1.82, 2.24) is 25.8 Å². The van der Waals surface area contributed by atoms with Gasteiger partial charge < -0.3 is 20.1 Å². The first-order valence-electron chi connectivity index (χ1n) is 10.3. The molecule has 0 aliphatic rings. The van der Waals surface area contributed by atoms with Crippen LogP contribution in [0.3, 0.4) is 0 Å². The normalized spacial score (nSPS) is 11.6. The number of ether oxygens (including phenoxy) is 2. The summed E-state index contributed by atoms with van der Waals surface area (Å²) in [5.74, 6) is 1.56. The van der Waals surface area contributed by atoms with Crippen LogP contribution >= 0.6 is 0 Å². The zero-order valence-corrected chi connectivity index (χ0v) is 18.3. The number of hydrogen-bond acceptors (Lipinski definition) is 6. The summed E-state index contributed by atoms with van der Waals surface area (Å²) in [6.45, 7) is 3.70. The summed E-state index contributed by atoms with van der Waals surface area (Å²) in [6.07, 6.45) is 0. The molecule has 1 atom stereocenters. The van der Waals surface area contributed by atoms with E-state index in [1.807, 2.05) is 56.3 Å². The first-order valence-corrected chi connectivity index (χ1v) is 10.3. The molecule has 3 aromatic rings. The van der Waals surface area contributed by atoms with Gasteiger partial charge in [-0.1, -0.05) is 32.0 Å². The van der Waals surface area contributed by atoms with Crippen molar-refractivity contribution >= 4 is 11.8 Å². The van der Waals surface area contributed by atoms with E-state index in [2.05, 4.69) is 25.8 Å². The molecule has 9 heteroatoms. The lowest BCUT2D eigenvalue weighted by Crippen LogP contribution is -2.50. The molecule has 1 aromatic heterocycles. The number of aromatic nitrogens is 3. The second-order valence-corrected chi connectivity index (χ2v) is 7.44. The highest BCUT2D eigenvalue weighted by atomic mass is 16.5. The Morgan fingerprint density at radius 2 is 1.75 bits per heavy atom. The van der Waals surface area contributed by atoms with Gasteiger partial charge in [-0.05, 0) is 42.3 Å². The molecule has 1 unspecified atom stereocenters. The van der Waals surface area contributed by atoms with Crippen molar-refractivity contribution in [3.05, 3.63) is 60.4 Å². The van der Waals surface area contributed by atoms with E-state index in [9.17, 15) is 9.59 Å². The van der Waals surface area contributed by atoms with Gasteiger partial charge in [0.15, 0.2) is 12.4 Å². The molecule has 3 N–H and O–H groups in total. The highest BCUT2D eigenvalue weighted by Gasteiger charge is 2.24. The average molecular weight is 438 g/mol. The van der Waals surface area contributed by atoms with Crippen LogP contribution in [-0.4, -0.2) is 46.8 Å². The molecule has 9 nitrogen and oxygen atoms in total. The van der Waals surface area contributed by atoms with Gasteiger partial charge in [0.1, 0.15) is 23.4 Å². The summed E-state index contributed by atoms with van der Waals surface area (Å²) in [5.41, 5.74) is 0.824. The monoisotopic (exact) mass is 437 g/mol. The van der Waals surface area contributed by atoms with E-state index in [0.717, 1.165) is 11.3 Å². The maximum absolute atomic E-state index is 12.7. The second-order valence-electron chi connectivity index (χ2n) is 7.44. The zero-order valence-electron chi connectivity index (χ0n) is 18.3. The van der Waals surface area contributed by atoms with Crippen molar-refractivity contribution in [3.8, 4) is 22.9 Å². The highest BCUT2D eigenvalue weighted by Crippen LogP contribution is 2.19. The molecule has 0 radical (unpaired) electrons. The number of carbonyl (C=O) groups is 2. The van der Waals surface area contributed by atoms with Crippen molar-refractivity contribution in [2.45, 2.75) is 26.4 Å². The van der Waals surface area contributed by atoms with Crippen LogP contribution in [0.25, 0.3) is 11.4 Å². The Kier molecular flexibility index (Phi) is 7.80. The van der Waals surface area contributed by atoms with Crippen LogP contribution in [0.1, 0.15) is 19.7 Å². The third-order valence-electron chi connectivity index (χ3n) is 4.69. The van der Waals surface area contributed by atoms with Gasteiger partial charge in [-0.2, -0.15) is 5.10 Å². The molecule has 0 saturated heterocycles. The molecular weight excluding hydrogens is 410 g/mol. The van der Waals surface area contributed by atoms with Crippen LogP contribution in [0.15, 0.2) is 54.6 Å². The first-order chi connectivity index (χ1) is 15.5. The van der Waals surface area contributed by atoms with E-state index in [-0.39, 0.29) is 30.9 Å². The molecule has 2 amide bonds. The largest absolute Gasteiger partial charge is 0.497 e. The van der Waals surface area contributed by atoms with Gasteiger partial charge in [0.2, 0.25) is 5.91 Å². The molecule has 3 rings (SSSR count). The van der Waals surface area contributed by atoms with Crippen molar-refractivity contribution in [2.24, 2.45) is 5.92 Å². The number of aromatic amines is 1. The Bertz CT molecular complexity index is 1020. The standard InChI is InChI=1S/C23H27N5O4/c1-15(2)21(26-20(29)14-32-18-7-5-4-6-8-18)23(30)24-13-19-25-22(28-27-19)16-9-11-17(31-3)12-10-16/h4-12,15,21H,13-14H2,1-3H3,(H,24,30)(H,26,29)(H,25,27,28). The Morgan fingerprint density at radius 3 is 2.41 bits per heavy atom. The number of nitrogens with zero attached hydrogens (tertiary/aromatic N) is 2. The van der Waals surface area contributed by atoms with Crippen LogP contribution in [0.2, 0.25) is 0 Å². The molecule has 0 spiro atoms. The fourth-order valence-electron chi connectivity index (χ4n) is 2.94. The van der Waals surface area contributed by atoms with Crippen LogP contribution in [0.5, 0.6) is 11.5 Å². The van der Waals surface area contributed by atoms with Crippen molar-refractivity contribution in [1.29, 1.82) is 0 Å². The van der Waals surface area contributed by atoms with Gasteiger partial charge in [0.25, 0.3) is 5.91 Å². The lowest BCUT2D eigenvalue weighted by Gasteiger charge is -2.21. The molecule has 0 saturated carbocycles. The lowest BCUT2D eigenvalue weighted by atomic mass is 10.0. The second kappa shape index (κ2) is 10.9. The SMILES string of the molecule is COc1ccc(-c2n[nH]c(CNC(=O)C(NC(=O)COc3ccccc3)C(C)C)n2)cc1. The first kappa shape index (κ1) is 22.8. The van der Waals surface area contributed by atoms with Gasteiger partial charge in [-0.3, -0.25) is 14.7 Å². The fraction of sp³-hybridized carbons (Fsp3) is 0.304. The summed E-state index contributed by atoms with van der Waals surface area (Å²) >= 11 is 0. The number of methoxy groups -OCH3 is 1. The minimum atomic E-state index is -0.703. The minimum Gasteiger partial charge on any atom is -0.497 e. The number of amides is 2. The van der Waals surface area contributed by atoms with E-state index in [0.29, 0.717) is 17.4 Å². The number of para-hydroxylation sites is 1. The Labute approximate surface area is 186 Å². The highest BCUT2D eigenvalue weighted by molar-refractivity contribution is 5.88. The minimum absolute atomic E-state index is 0.111. The third-order valence-corrected chi connectivity index (χ3v) is 4.69. The van der Waals surface area contributed by atoms with Crippen molar-refractivity contribution in [2.75, 3.05) is 13.7 Å². The number of rotatable bonds is 10. The van der Waals surface area contributed by atoms with E-state index < -0.39 is 6.04 Å². The molecule has 0 aliphatic carbocycles. The lowest BCUT2D eigenvalue weighted by molar-refractivity contribution is -0.131. The number of H-pyrrole nitrogens is 1. The van der Waals surface area contributed by atoms with Crippen LogP contribution in [-0.2, 0) is 16.1 Å². The third kappa shape index (κ3) is 6.31. The van der Waals surface area contributed by atoms with Gasteiger partial charge >= 0.3 is 0 Å². The summed E-state index contributed by atoms with van der Waals surface area (Å²) in [6, 6.07) is 15.7. The molecule has 32 heavy (non-hydrogen) atoms. The van der Waals surface area contributed by atoms with Crippen LogP contribution in [0.4, 0.5) is 0 Å². The smallest absolute Gasteiger partial charge is 0.258 e. The van der Waals surface area contributed by atoms with Gasteiger partial charge in [-0.15, -0.1) is 0 Å². The maximum Gasteiger partial charge on any atom is 0.258 e. The topological polar surface area (TPSA) is 118 Å². The molecule has 168 valence electrons. The van der Waals surface area contributed by atoms with E-state index >= 15 is 0 Å². The average Bonchev–Trinajstić information content (AvgIpc) is 3.29. The predicted octanol–water partition coefficient (Wildman–Crippen LogP) is 2.32. The van der Waals surface area contributed by atoms with Crippen LogP contribution < -0.4 is 20.1 Å². The molecule has 2 aromatic carbocycles. The molecular formula is C23H27N5O4. The van der Waals surface area contributed by atoms with Gasteiger partial charge in [-0.25, -0.2) is 4.98 Å². The van der Waals surface area contributed by atoms with Crippen LogP contribution in [0, 0.1) is 5.92 Å². The number of hydrogen-bond donors (Lipinski definition) is 3. The Morgan fingerprint density at radius 1 is 1.03 bits per heavy atom. The summed E-state index contributed by atoms with van der Waals surface area (Å²) in [5, 5.41) is 12.5. The number of nitrogens with one attached hydrogen (secondary N) is 3. The van der Waals surface area contributed by atoms with E-state index in [1.165, 1.54) is 0 Å². The zero-order chi connectivity index (χ0) is 22.9. The predicted molar refractivity (Wildman–Crippen MR) is 119 cm³/mol. The fourth-order valence-corrected chi connectivity index (χ4v) is 2.94. The Balaban J connectivity index is 1.52.